The molecular weight excluding hydrogens is 265 g/mol. The molecule has 2 aromatic heterocycles. The van der Waals surface area contributed by atoms with E-state index in [1.165, 1.54) is 12.8 Å². The lowest BCUT2D eigenvalue weighted by Crippen LogP contribution is -2.22. The van der Waals surface area contributed by atoms with E-state index >= 15 is 0 Å². The highest BCUT2D eigenvalue weighted by Crippen LogP contribution is 2.24. The van der Waals surface area contributed by atoms with E-state index < -0.39 is 0 Å². The average molecular weight is 279 g/mol. The molecule has 1 aromatic carbocycles. The van der Waals surface area contributed by atoms with Gasteiger partial charge in [0, 0.05) is 5.39 Å². The molecule has 0 bridgehead atoms. The van der Waals surface area contributed by atoms with Crippen LogP contribution in [-0.4, -0.2) is 35.8 Å². The maximum atomic E-state index is 12.2. The number of fused-ring (bicyclic) bond motifs is 3. The van der Waals surface area contributed by atoms with Crippen molar-refractivity contribution in [3.8, 4) is 0 Å². The first-order chi connectivity index (χ1) is 10.2. The predicted molar refractivity (Wildman–Crippen MR) is 82.0 cm³/mol. The fourth-order valence-electron chi connectivity index (χ4n) is 2.95. The van der Waals surface area contributed by atoms with Crippen LogP contribution in [0.1, 0.15) is 18.7 Å². The van der Waals surface area contributed by atoms with E-state index in [2.05, 4.69) is 14.9 Å². The lowest BCUT2D eigenvalue weighted by molar-refractivity contribution is 0.322. The molecular formula is C15H14BN3O2. The smallest absolute Gasteiger partial charge is 0.294 e. The van der Waals surface area contributed by atoms with Gasteiger partial charge in [-0.3, -0.25) is 9.69 Å². The molecule has 6 heteroatoms. The molecule has 1 fully saturated rings. The zero-order chi connectivity index (χ0) is 14.4. The Morgan fingerprint density at radius 2 is 2.14 bits per heavy atom. The third kappa shape index (κ3) is 2.16. The summed E-state index contributed by atoms with van der Waals surface area (Å²) in [5.74, 6) is 0.680. The first kappa shape index (κ1) is 12.6. The third-order valence-corrected chi connectivity index (χ3v) is 3.97. The first-order valence-electron chi connectivity index (χ1n) is 7.14. The molecule has 21 heavy (non-hydrogen) atoms. The van der Waals surface area contributed by atoms with Gasteiger partial charge >= 0.3 is 0 Å². The topological polar surface area (TPSA) is 62.1 Å². The zero-order valence-electron chi connectivity index (χ0n) is 11.6. The van der Waals surface area contributed by atoms with Crippen LogP contribution < -0.4 is 11.0 Å². The molecule has 3 heterocycles. The monoisotopic (exact) mass is 279 g/mol. The molecule has 4 rings (SSSR count). The minimum Gasteiger partial charge on any atom is -0.449 e. The third-order valence-electron chi connectivity index (χ3n) is 3.97. The molecule has 2 radical (unpaired) electrons. The largest absolute Gasteiger partial charge is 0.449 e. The summed E-state index contributed by atoms with van der Waals surface area (Å²) in [5.41, 5.74) is 1.89. The van der Waals surface area contributed by atoms with Gasteiger partial charge in [-0.25, -0.2) is 4.98 Å². The van der Waals surface area contributed by atoms with Crippen molar-refractivity contribution in [3.05, 3.63) is 34.4 Å². The van der Waals surface area contributed by atoms with Crippen LogP contribution in [0.25, 0.3) is 22.1 Å². The molecule has 1 aliphatic heterocycles. The molecule has 0 spiro atoms. The van der Waals surface area contributed by atoms with Gasteiger partial charge < -0.3 is 9.40 Å². The Hall–Kier alpha value is -2.08. The van der Waals surface area contributed by atoms with Crippen molar-refractivity contribution < 1.29 is 4.42 Å². The summed E-state index contributed by atoms with van der Waals surface area (Å²) in [6.45, 7) is 2.78. The number of likely N-dealkylation sites (tertiary alicyclic amines) is 1. The van der Waals surface area contributed by atoms with Crippen molar-refractivity contribution in [2.24, 2.45) is 0 Å². The van der Waals surface area contributed by atoms with Gasteiger partial charge in [-0.2, -0.15) is 0 Å². The SMILES string of the molecule is [B]c1ccc2oc3c(=O)[nH]c(CN4CCCC4)nc3c2c1. The number of furan rings is 1. The summed E-state index contributed by atoms with van der Waals surface area (Å²) < 4.78 is 5.59. The molecule has 1 saturated heterocycles. The summed E-state index contributed by atoms with van der Waals surface area (Å²) >= 11 is 0. The lowest BCUT2D eigenvalue weighted by atomic mass is 9.95. The maximum Gasteiger partial charge on any atom is 0.294 e. The molecule has 1 N–H and O–H groups in total. The molecule has 0 aliphatic carbocycles. The summed E-state index contributed by atoms with van der Waals surface area (Å²) in [5, 5.41) is 0.791. The zero-order valence-corrected chi connectivity index (χ0v) is 11.6. The number of nitrogens with zero attached hydrogens (tertiary/aromatic N) is 2. The molecule has 5 nitrogen and oxygen atoms in total. The van der Waals surface area contributed by atoms with E-state index in [-0.39, 0.29) is 11.1 Å². The average Bonchev–Trinajstić information content (AvgIpc) is 3.07. The molecule has 0 unspecified atom stereocenters. The standard InChI is InChI=1S/C15H14BN3O2/c16-9-3-4-11-10(7-9)13-14(21-11)15(20)18-12(17-13)8-19-5-1-2-6-19/h3-4,7H,1-2,5-6,8H2,(H,17,18,20). The van der Waals surface area contributed by atoms with E-state index in [1.807, 2.05) is 0 Å². The van der Waals surface area contributed by atoms with E-state index in [4.69, 9.17) is 12.3 Å². The number of hydrogen-bond donors (Lipinski definition) is 1. The number of H-pyrrole nitrogens is 1. The van der Waals surface area contributed by atoms with E-state index in [0.717, 1.165) is 18.5 Å². The van der Waals surface area contributed by atoms with Crippen LogP contribution in [0, 0.1) is 0 Å². The van der Waals surface area contributed by atoms with Gasteiger partial charge in [0.05, 0.1) is 6.54 Å². The van der Waals surface area contributed by atoms with Gasteiger partial charge in [-0.05, 0) is 32.0 Å². The second kappa shape index (κ2) is 4.74. The van der Waals surface area contributed by atoms with Gasteiger partial charge in [0.2, 0.25) is 5.58 Å². The number of benzene rings is 1. The van der Waals surface area contributed by atoms with Gasteiger partial charge in [0.1, 0.15) is 24.8 Å². The number of aromatic nitrogens is 2. The van der Waals surface area contributed by atoms with Crippen LogP contribution in [0.2, 0.25) is 0 Å². The molecule has 0 saturated carbocycles. The van der Waals surface area contributed by atoms with Crippen LogP contribution in [0.5, 0.6) is 0 Å². The Bertz CT molecular complexity index is 878. The molecule has 104 valence electrons. The van der Waals surface area contributed by atoms with Crippen molar-refractivity contribution >= 4 is 35.4 Å². The van der Waals surface area contributed by atoms with Crippen molar-refractivity contribution in [2.75, 3.05) is 13.1 Å². The Kier molecular flexibility index (Phi) is 2.85. The lowest BCUT2D eigenvalue weighted by Gasteiger charge is -2.12. The Morgan fingerprint density at radius 3 is 2.95 bits per heavy atom. The summed E-state index contributed by atoms with van der Waals surface area (Å²) in [6.07, 6.45) is 2.41. The highest BCUT2D eigenvalue weighted by molar-refractivity contribution is 6.33. The number of nitrogens with one attached hydrogen (secondary N) is 1. The van der Waals surface area contributed by atoms with Gasteiger partial charge in [-0.15, -0.1) is 0 Å². The molecule has 0 amide bonds. The maximum absolute atomic E-state index is 12.2. The number of rotatable bonds is 2. The van der Waals surface area contributed by atoms with Crippen molar-refractivity contribution in [1.82, 2.24) is 14.9 Å². The molecule has 0 atom stereocenters. The fraction of sp³-hybridized carbons (Fsp3) is 0.333. The normalized spacial score (nSPS) is 16.2. The van der Waals surface area contributed by atoms with Gasteiger partial charge in [0.15, 0.2) is 0 Å². The Labute approximate surface area is 122 Å². The second-order valence-corrected chi connectivity index (χ2v) is 5.53. The minimum absolute atomic E-state index is 0.232. The van der Waals surface area contributed by atoms with Crippen molar-refractivity contribution in [1.29, 1.82) is 0 Å². The predicted octanol–water partition coefficient (Wildman–Crippen LogP) is 1.06. The number of aromatic amines is 1. The first-order valence-corrected chi connectivity index (χ1v) is 7.14. The fourth-order valence-corrected chi connectivity index (χ4v) is 2.95. The molecule has 1 aliphatic rings. The number of hydrogen-bond acceptors (Lipinski definition) is 4. The van der Waals surface area contributed by atoms with Crippen LogP contribution >= 0.6 is 0 Å². The Balaban J connectivity index is 1.88. The second-order valence-electron chi connectivity index (χ2n) is 5.53. The van der Waals surface area contributed by atoms with Crippen LogP contribution in [-0.2, 0) is 6.54 Å². The highest BCUT2D eigenvalue weighted by Gasteiger charge is 2.16. The summed E-state index contributed by atoms with van der Waals surface area (Å²) in [4.78, 5) is 21.9. The van der Waals surface area contributed by atoms with E-state index in [0.29, 0.717) is 28.9 Å². The van der Waals surface area contributed by atoms with E-state index in [1.54, 1.807) is 18.2 Å². The van der Waals surface area contributed by atoms with Crippen molar-refractivity contribution in [2.45, 2.75) is 19.4 Å². The quantitative estimate of drug-likeness (QED) is 0.712. The molecule has 3 aromatic rings. The van der Waals surface area contributed by atoms with Crippen LogP contribution in [0.4, 0.5) is 0 Å². The van der Waals surface area contributed by atoms with Gasteiger partial charge in [-0.1, -0.05) is 17.6 Å². The Morgan fingerprint density at radius 1 is 1.33 bits per heavy atom. The summed E-state index contributed by atoms with van der Waals surface area (Å²) in [7, 11) is 5.82. The van der Waals surface area contributed by atoms with Crippen LogP contribution in [0.3, 0.4) is 0 Å². The summed E-state index contributed by atoms with van der Waals surface area (Å²) in [6, 6.07) is 5.32. The minimum atomic E-state index is -0.232. The van der Waals surface area contributed by atoms with Gasteiger partial charge in [0.25, 0.3) is 5.56 Å². The van der Waals surface area contributed by atoms with Crippen molar-refractivity contribution in [3.63, 3.8) is 0 Å². The van der Waals surface area contributed by atoms with Crippen LogP contribution in [0.15, 0.2) is 27.4 Å². The highest BCUT2D eigenvalue weighted by atomic mass is 16.3. The van der Waals surface area contributed by atoms with E-state index in [9.17, 15) is 4.79 Å².